The topological polar surface area (TPSA) is 140 Å². The first-order valence-corrected chi connectivity index (χ1v) is 12.1. The lowest BCUT2D eigenvalue weighted by Gasteiger charge is -2.17. The third kappa shape index (κ3) is 6.51. The van der Waals surface area contributed by atoms with Gasteiger partial charge in [-0.15, -0.1) is 0 Å². The highest BCUT2D eigenvalue weighted by Crippen LogP contribution is 2.24. The van der Waals surface area contributed by atoms with E-state index >= 15 is 0 Å². The van der Waals surface area contributed by atoms with Gasteiger partial charge in [0.15, 0.2) is 11.5 Å². The number of nitrogens with zero attached hydrogens (tertiary/aromatic N) is 5. The molecule has 0 aliphatic carbocycles. The lowest BCUT2D eigenvalue weighted by atomic mass is 10.1. The van der Waals surface area contributed by atoms with Crippen molar-refractivity contribution in [2.45, 2.75) is 32.7 Å². The van der Waals surface area contributed by atoms with E-state index in [4.69, 9.17) is 11.5 Å². The maximum atomic E-state index is 12.3. The Morgan fingerprint density at radius 1 is 1.14 bits per heavy atom. The number of rotatable bonds is 9. The molecular formula is C27H33N7O3. The molecule has 3 rings (SSSR count). The number of hydrogen-bond donors (Lipinski definition) is 2. The van der Waals surface area contributed by atoms with Gasteiger partial charge in [-0.05, 0) is 49.2 Å². The summed E-state index contributed by atoms with van der Waals surface area (Å²) in [4.78, 5) is 44.4. The van der Waals surface area contributed by atoms with Crippen LogP contribution in [-0.4, -0.2) is 70.0 Å². The van der Waals surface area contributed by atoms with Crippen LogP contribution in [0, 0.1) is 17.8 Å². The Kier molecular flexibility index (Phi) is 8.98. The number of fused-ring (bicyclic) bond motifs is 1. The van der Waals surface area contributed by atoms with E-state index in [0.717, 1.165) is 5.56 Å². The van der Waals surface area contributed by atoms with E-state index in [1.807, 2.05) is 25.1 Å². The second-order valence-corrected chi connectivity index (χ2v) is 8.98. The number of pyridine rings is 1. The van der Waals surface area contributed by atoms with Crippen LogP contribution in [0.4, 0.5) is 0 Å². The molecule has 2 heterocycles. The summed E-state index contributed by atoms with van der Waals surface area (Å²) in [7, 11) is 5.15. The van der Waals surface area contributed by atoms with Crippen molar-refractivity contribution in [2.75, 3.05) is 27.7 Å². The Bertz CT molecular complexity index is 1370. The summed E-state index contributed by atoms with van der Waals surface area (Å²) in [5.74, 6) is 5.43. The fraction of sp³-hybridized carbons (Fsp3) is 0.370. The van der Waals surface area contributed by atoms with E-state index < -0.39 is 11.8 Å². The minimum Gasteiger partial charge on any atom is -0.364 e. The molecule has 194 valence electrons. The van der Waals surface area contributed by atoms with E-state index in [-0.39, 0.29) is 17.5 Å². The summed E-state index contributed by atoms with van der Waals surface area (Å²) in [5.41, 5.74) is 13.4. The minimum atomic E-state index is -0.669. The van der Waals surface area contributed by atoms with Crippen molar-refractivity contribution in [3.63, 3.8) is 0 Å². The first-order valence-electron chi connectivity index (χ1n) is 12.1. The van der Waals surface area contributed by atoms with E-state index in [2.05, 4.69) is 21.9 Å². The average Bonchev–Trinajstić information content (AvgIpc) is 3.26. The lowest BCUT2D eigenvalue weighted by Crippen LogP contribution is -2.28. The van der Waals surface area contributed by atoms with Gasteiger partial charge in [-0.2, -0.15) is 5.10 Å². The summed E-state index contributed by atoms with van der Waals surface area (Å²) in [5, 5.41) is 5.00. The van der Waals surface area contributed by atoms with Crippen molar-refractivity contribution < 1.29 is 14.4 Å². The maximum absolute atomic E-state index is 12.3. The molecule has 0 aliphatic heterocycles. The Morgan fingerprint density at radius 2 is 1.89 bits per heavy atom. The summed E-state index contributed by atoms with van der Waals surface area (Å²) in [6.45, 7) is 2.75. The quantitative estimate of drug-likeness (QED) is 0.426. The van der Waals surface area contributed by atoms with E-state index in [1.165, 1.54) is 4.90 Å². The van der Waals surface area contributed by atoms with Gasteiger partial charge in [0.2, 0.25) is 11.8 Å². The number of benzene rings is 1. The van der Waals surface area contributed by atoms with Crippen LogP contribution in [0.15, 0.2) is 36.5 Å². The van der Waals surface area contributed by atoms with Gasteiger partial charge in [-0.1, -0.05) is 24.8 Å². The number of aromatic nitrogens is 3. The van der Waals surface area contributed by atoms with Crippen molar-refractivity contribution >= 4 is 28.6 Å². The molecule has 0 fully saturated rings. The average molecular weight is 504 g/mol. The molecule has 10 heteroatoms. The van der Waals surface area contributed by atoms with Gasteiger partial charge in [-0.3, -0.25) is 14.4 Å². The van der Waals surface area contributed by atoms with Gasteiger partial charge >= 0.3 is 0 Å². The number of primary amides is 1. The van der Waals surface area contributed by atoms with Gasteiger partial charge < -0.3 is 21.3 Å². The zero-order valence-electron chi connectivity index (χ0n) is 21.7. The van der Waals surface area contributed by atoms with Crippen LogP contribution in [-0.2, 0) is 16.1 Å². The fourth-order valence-electron chi connectivity index (χ4n) is 3.86. The predicted molar refractivity (Wildman–Crippen MR) is 141 cm³/mol. The molecule has 0 aliphatic rings. The number of amides is 3. The molecule has 4 N–H and O–H groups in total. The molecule has 0 saturated heterocycles. The van der Waals surface area contributed by atoms with E-state index in [0.29, 0.717) is 54.6 Å². The molecule has 3 amide bonds. The van der Waals surface area contributed by atoms with Gasteiger partial charge in [0.05, 0.1) is 11.4 Å². The molecule has 1 atom stereocenters. The van der Waals surface area contributed by atoms with Crippen LogP contribution in [0.25, 0.3) is 16.7 Å². The molecule has 0 spiro atoms. The maximum Gasteiger partial charge on any atom is 0.269 e. The Morgan fingerprint density at radius 3 is 2.54 bits per heavy atom. The van der Waals surface area contributed by atoms with Crippen molar-refractivity contribution in [2.24, 2.45) is 17.4 Å². The van der Waals surface area contributed by atoms with Crippen molar-refractivity contribution in [3.05, 3.63) is 53.3 Å². The zero-order valence-corrected chi connectivity index (χ0v) is 21.7. The van der Waals surface area contributed by atoms with Crippen molar-refractivity contribution in [3.8, 4) is 17.7 Å². The van der Waals surface area contributed by atoms with Gasteiger partial charge in [-0.25, -0.2) is 9.67 Å². The molecule has 0 saturated carbocycles. The monoisotopic (exact) mass is 503 g/mol. The normalized spacial score (nSPS) is 11.5. The summed E-state index contributed by atoms with van der Waals surface area (Å²) in [6, 6.07) is 9.01. The molecular weight excluding hydrogens is 470 g/mol. The number of nitrogens with two attached hydrogens (primary N) is 2. The van der Waals surface area contributed by atoms with Crippen LogP contribution < -0.4 is 11.5 Å². The van der Waals surface area contributed by atoms with Gasteiger partial charge in [0, 0.05) is 51.3 Å². The molecule has 2 aromatic heterocycles. The number of carbonyl (C=O) groups is 3. The van der Waals surface area contributed by atoms with E-state index in [9.17, 15) is 14.4 Å². The number of hydrogen-bond acceptors (Lipinski definition) is 6. The van der Waals surface area contributed by atoms with Gasteiger partial charge in [0.25, 0.3) is 5.91 Å². The number of carbonyl (C=O) groups excluding carboxylic acids is 3. The van der Waals surface area contributed by atoms with Gasteiger partial charge in [0.1, 0.15) is 0 Å². The first kappa shape index (κ1) is 27.4. The molecule has 0 radical (unpaired) electrons. The summed E-state index contributed by atoms with van der Waals surface area (Å²) >= 11 is 0. The molecule has 10 nitrogen and oxygen atoms in total. The Hall–Kier alpha value is -4.23. The van der Waals surface area contributed by atoms with Crippen molar-refractivity contribution in [1.29, 1.82) is 0 Å². The highest BCUT2D eigenvalue weighted by molar-refractivity contribution is 6.04. The second kappa shape index (κ2) is 12.1. The standard InChI is InChI=1S/C27H33N7O3/c1-5-20(27(37)32(2)3)10-8-18-12-14-30-23(16-18)34-22-11-9-19(15-21(22)25(31-34)26(29)36)17-33(4)24(35)7-6-13-28/h9,11-12,14-16,20H,5-7,13,17,28H2,1-4H3,(H2,29,36)/t20-/m0/s1. The minimum absolute atomic E-state index is 0.00362. The van der Waals surface area contributed by atoms with Crippen LogP contribution >= 0.6 is 0 Å². The molecule has 37 heavy (non-hydrogen) atoms. The summed E-state index contributed by atoms with van der Waals surface area (Å²) < 4.78 is 1.54. The first-order chi connectivity index (χ1) is 17.7. The Labute approximate surface area is 216 Å². The fourth-order valence-corrected chi connectivity index (χ4v) is 3.86. The molecule has 1 aromatic carbocycles. The van der Waals surface area contributed by atoms with Crippen molar-refractivity contribution in [1.82, 2.24) is 24.6 Å². The second-order valence-electron chi connectivity index (χ2n) is 8.98. The third-order valence-corrected chi connectivity index (χ3v) is 5.92. The van der Waals surface area contributed by atoms with Crippen LogP contribution in [0.2, 0.25) is 0 Å². The Balaban J connectivity index is 1.96. The zero-order chi connectivity index (χ0) is 27.1. The van der Waals surface area contributed by atoms with Crippen LogP contribution in [0.5, 0.6) is 0 Å². The molecule has 0 unspecified atom stereocenters. The van der Waals surface area contributed by atoms with Crippen LogP contribution in [0.3, 0.4) is 0 Å². The largest absolute Gasteiger partial charge is 0.364 e. The molecule has 0 bridgehead atoms. The SMILES string of the molecule is CC[C@@H](C#Cc1ccnc(-n2nc(C(N)=O)c3cc(CN(C)C(=O)CCCN)ccc32)c1)C(=O)N(C)C. The van der Waals surface area contributed by atoms with E-state index in [1.54, 1.807) is 49.1 Å². The predicted octanol–water partition coefficient (Wildman–Crippen LogP) is 1.68. The van der Waals surface area contributed by atoms with Crippen LogP contribution in [0.1, 0.15) is 47.8 Å². The third-order valence-electron chi connectivity index (χ3n) is 5.92. The highest BCUT2D eigenvalue weighted by atomic mass is 16.2. The summed E-state index contributed by atoms with van der Waals surface area (Å²) in [6.07, 6.45) is 3.21. The molecule has 3 aromatic rings. The smallest absolute Gasteiger partial charge is 0.269 e. The highest BCUT2D eigenvalue weighted by Gasteiger charge is 2.19. The lowest BCUT2D eigenvalue weighted by molar-refractivity contribution is -0.131.